The number of piperidine rings is 1. The molecular weight excluding hydrogens is 308 g/mol. The SMILES string of the molecule is COCC1(C(=O)O)CCCN(C(=O)Cn2ccc3ccccc32)C1. The van der Waals surface area contributed by atoms with Gasteiger partial charge in [0, 0.05) is 31.9 Å². The minimum Gasteiger partial charge on any atom is -0.481 e. The number of aliphatic carboxylic acids is 1. The van der Waals surface area contributed by atoms with Gasteiger partial charge in [0.15, 0.2) is 0 Å². The minimum absolute atomic E-state index is 0.0576. The second kappa shape index (κ2) is 6.65. The molecule has 1 atom stereocenters. The Balaban J connectivity index is 1.76. The van der Waals surface area contributed by atoms with Crippen LogP contribution in [0.4, 0.5) is 0 Å². The van der Waals surface area contributed by atoms with Crippen LogP contribution in [0.25, 0.3) is 10.9 Å². The number of aromatic nitrogens is 1. The summed E-state index contributed by atoms with van der Waals surface area (Å²) >= 11 is 0. The quantitative estimate of drug-likeness (QED) is 0.910. The highest BCUT2D eigenvalue weighted by Crippen LogP contribution is 2.31. The van der Waals surface area contributed by atoms with Crippen molar-refractivity contribution in [2.45, 2.75) is 19.4 Å². The average molecular weight is 330 g/mol. The zero-order chi connectivity index (χ0) is 17.2. The van der Waals surface area contributed by atoms with Crippen molar-refractivity contribution in [3.8, 4) is 0 Å². The van der Waals surface area contributed by atoms with Gasteiger partial charge in [0.25, 0.3) is 0 Å². The lowest BCUT2D eigenvalue weighted by Gasteiger charge is -2.39. The van der Waals surface area contributed by atoms with E-state index in [2.05, 4.69) is 0 Å². The van der Waals surface area contributed by atoms with E-state index in [4.69, 9.17) is 4.74 Å². The predicted octanol–water partition coefficient (Wildman–Crippen LogP) is 1.98. The summed E-state index contributed by atoms with van der Waals surface area (Å²) in [5, 5.41) is 10.7. The first kappa shape index (κ1) is 16.5. The zero-order valence-corrected chi connectivity index (χ0v) is 13.8. The maximum Gasteiger partial charge on any atom is 0.313 e. The van der Waals surface area contributed by atoms with Crippen LogP contribution in [-0.2, 0) is 20.9 Å². The Bertz CT molecular complexity index is 750. The Labute approximate surface area is 140 Å². The van der Waals surface area contributed by atoms with Gasteiger partial charge in [-0.3, -0.25) is 9.59 Å². The molecule has 1 unspecified atom stereocenters. The van der Waals surface area contributed by atoms with Crippen molar-refractivity contribution in [1.82, 2.24) is 9.47 Å². The van der Waals surface area contributed by atoms with E-state index < -0.39 is 11.4 Å². The van der Waals surface area contributed by atoms with E-state index in [9.17, 15) is 14.7 Å². The van der Waals surface area contributed by atoms with Crippen molar-refractivity contribution in [3.63, 3.8) is 0 Å². The fraction of sp³-hybridized carbons (Fsp3) is 0.444. The average Bonchev–Trinajstić information content (AvgIpc) is 2.98. The highest BCUT2D eigenvalue weighted by atomic mass is 16.5. The molecule has 24 heavy (non-hydrogen) atoms. The summed E-state index contributed by atoms with van der Waals surface area (Å²) in [4.78, 5) is 26.1. The summed E-state index contributed by atoms with van der Waals surface area (Å²) in [5.74, 6) is -0.953. The molecule has 6 nitrogen and oxygen atoms in total. The summed E-state index contributed by atoms with van der Waals surface area (Å²) in [5.41, 5.74) is 0.00534. The lowest BCUT2D eigenvalue weighted by Crippen LogP contribution is -2.52. The first-order valence-corrected chi connectivity index (χ1v) is 8.10. The van der Waals surface area contributed by atoms with E-state index in [0.29, 0.717) is 19.4 Å². The van der Waals surface area contributed by atoms with Crippen LogP contribution in [0.2, 0.25) is 0 Å². The summed E-state index contributed by atoms with van der Waals surface area (Å²) in [6.07, 6.45) is 3.10. The van der Waals surface area contributed by atoms with Gasteiger partial charge in [-0.15, -0.1) is 0 Å². The number of benzene rings is 1. The molecule has 1 aromatic heterocycles. The number of fused-ring (bicyclic) bond motifs is 1. The number of hydrogen-bond acceptors (Lipinski definition) is 3. The number of carbonyl (C=O) groups is 2. The van der Waals surface area contributed by atoms with Crippen LogP contribution in [0.1, 0.15) is 12.8 Å². The summed E-state index contributed by atoms with van der Waals surface area (Å²) in [6, 6.07) is 9.87. The number of nitrogens with zero attached hydrogens (tertiary/aromatic N) is 2. The minimum atomic E-state index is -0.999. The van der Waals surface area contributed by atoms with Gasteiger partial charge in [0.1, 0.15) is 12.0 Å². The first-order valence-electron chi connectivity index (χ1n) is 8.10. The molecule has 0 bridgehead atoms. The van der Waals surface area contributed by atoms with Gasteiger partial charge >= 0.3 is 5.97 Å². The second-order valence-corrected chi connectivity index (χ2v) is 6.44. The zero-order valence-electron chi connectivity index (χ0n) is 13.8. The molecule has 1 aliphatic rings. The third-order valence-corrected chi connectivity index (χ3v) is 4.79. The van der Waals surface area contributed by atoms with E-state index >= 15 is 0 Å². The molecule has 1 amide bonds. The number of ether oxygens (including phenoxy) is 1. The van der Waals surface area contributed by atoms with Crippen molar-refractivity contribution in [3.05, 3.63) is 36.5 Å². The normalized spacial score (nSPS) is 21.1. The molecule has 0 radical (unpaired) electrons. The van der Waals surface area contributed by atoms with Gasteiger partial charge in [-0.2, -0.15) is 0 Å². The van der Waals surface area contributed by atoms with Crippen LogP contribution in [0.3, 0.4) is 0 Å². The molecule has 1 N–H and O–H groups in total. The molecule has 2 heterocycles. The van der Waals surface area contributed by atoms with E-state index in [1.807, 2.05) is 41.1 Å². The van der Waals surface area contributed by atoms with Crippen LogP contribution in [0.15, 0.2) is 36.5 Å². The van der Waals surface area contributed by atoms with E-state index in [0.717, 1.165) is 10.9 Å². The van der Waals surface area contributed by atoms with Crippen molar-refractivity contribution in [2.24, 2.45) is 5.41 Å². The Kier molecular flexibility index (Phi) is 4.57. The van der Waals surface area contributed by atoms with Crippen LogP contribution < -0.4 is 0 Å². The van der Waals surface area contributed by atoms with Gasteiger partial charge in [0.2, 0.25) is 5.91 Å². The number of rotatable bonds is 5. The molecule has 6 heteroatoms. The fourth-order valence-electron chi connectivity index (χ4n) is 3.50. The van der Waals surface area contributed by atoms with Crippen molar-refractivity contribution in [2.75, 3.05) is 26.8 Å². The maximum absolute atomic E-state index is 12.7. The monoisotopic (exact) mass is 330 g/mol. The van der Waals surface area contributed by atoms with Gasteiger partial charge in [-0.25, -0.2) is 0 Å². The van der Waals surface area contributed by atoms with Gasteiger partial charge < -0.3 is 19.3 Å². The molecule has 1 aromatic carbocycles. The maximum atomic E-state index is 12.7. The molecule has 1 aliphatic heterocycles. The second-order valence-electron chi connectivity index (χ2n) is 6.44. The van der Waals surface area contributed by atoms with E-state index in [1.165, 1.54) is 7.11 Å². The van der Waals surface area contributed by atoms with Crippen molar-refractivity contribution in [1.29, 1.82) is 0 Å². The number of carboxylic acids is 1. The highest BCUT2D eigenvalue weighted by molar-refractivity contribution is 5.84. The molecule has 2 aromatic rings. The number of para-hydroxylation sites is 1. The Morgan fingerprint density at radius 2 is 2.08 bits per heavy atom. The first-order chi connectivity index (χ1) is 11.6. The molecule has 1 saturated heterocycles. The van der Waals surface area contributed by atoms with E-state index in [1.54, 1.807) is 4.90 Å². The largest absolute Gasteiger partial charge is 0.481 e. The smallest absolute Gasteiger partial charge is 0.313 e. The van der Waals surface area contributed by atoms with Gasteiger partial charge in [-0.1, -0.05) is 18.2 Å². The lowest BCUT2D eigenvalue weighted by atomic mass is 9.80. The fourth-order valence-corrected chi connectivity index (χ4v) is 3.50. The van der Waals surface area contributed by atoms with Gasteiger partial charge in [-0.05, 0) is 30.4 Å². The topological polar surface area (TPSA) is 71.8 Å². The number of carbonyl (C=O) groups excluding carboxylic acids is 1. The Morgan fingerprint density at radius 1 is 1.29 bits per heavy atom. The molecule has 1 fully saturated rings. The number of amides is 1. The number of hydrogen-bond donors (Lipinski definition) is 1. The summed E-state index contributed by atoms with van der Waals surface area (Å²) in [7, 11) is 1.50. The van der Waals surface area contributed by atoms with Crippen molar-refractivity contribution < 1.29 is 19.4 Å². The molecule has 0 saturated carbocycles. The van der Waals surface area contributed by atoms with Gasteiger partial charge in [0.05, 0.1) is 6.61 Å². The standard InChI is InChI=1S/C18H22N2O4/c1-24-13-18(17(22)23)8-4-9-20(12-18)16(21)11-19-10-7-14-5-2-3-6-15(14)19/h2-3,5-7,10H,4,8-9,11-13H2,1H3,(H,22,23). The van der Waals surface area contributed by atoms with Crippen LogP contribution in [-0.4, -0.2) is 53.3 Å². The number of carboxylic acid groups (broad SMARTS) is 1. The number of likely N-dealkylation sites (tertiary alicyclic amines) is 1. The highest BCUT2D eigenvalue weighted by Gasteiger charge is 2.43. The molecular formula is C18H22N2O4. The summed E-state index contributed by atoms with van der Waals surface area (Å²) < 4.78 is 7.02. The number of methoxy groups -OCH3 is 1. The molecule has 0 aliphatic carbocycles. The third kappa shape index (κ3) is 3.01. The van der Waals surface area contributed by atoms with Crippen molar-refractivity contribution >= 4 is 22.8 Å². The molecule has 0 spiro atoms. The third-order valence-electron chi connectivity index (χ3n) is 4.79. The lowest BCUT2D eigenvalue weighted by molar-refractivity contribution is -0.159. The van der Waals surface area contributed by atoms with Crippen LogP contribution in [0.5, 0.6) is 0 Å². The van der Waals surface area contributed by atoms with E-state index in [-0.39, 0.29) is 25.6 Å². The molecule has 3 rings (SSSR count). The van der Waals surface area contributed by atoms with Crippen LogP contribution >= 0.6 is 0 Å². The van der Waals surface area contributed by atoms with Crippen LogP contribution in [0, 0.1) is 5.41 Å². The Morgan fingerprint density at radius 3 is 2.83 bits per heavy atom. The Hall–Kier alpha value is -2.34. The molecule has 128 valence electrons. The predicted molar refractivity (Wildman–Crippen MR) is 89.7 cm³/mol. The summed E-state index contributed by atoms with van der Waals surface area (Å²) in [6.45, 7) is 1.14.